The fourth-order valence-electron chi connectivity index (χ4n) is 2.84. The van der Waals surface area contributed by atoms with Crippen LogP contribution in [0.2, 0.25) is 0 Å². The third-order valence-corrected chi connectivity index (χ3v) is 4.37. The Bertz CT molecular complexity index is 1010. The van der Waals surface area contributed by atoms with Gasteiger partial charge >= 0.3 is 0 Å². The predicted molar refractivity (Wildman–Crippen MR) is 108 cm³/mol. The van der Waals surface area contributed by atoms with Gasteiger partial charge < -0.3 is 23.9 Å². The van der Waals surface area contributed by atoms with E-state index >= 15 is 0 Å². The number of nitrogens with one attached hydrogen (secondary N) is 1. The normalized spacial score (nSPS) is 10.3. The molecule has 0 aliphatic heterocycles. The summed E-state index contributed by atoms with van der Waals surface area (Å²) < 4.78 is 22.0. The average molecular weight is 393 g/mol. The Labute approximate surface area is 169 Å². The molecular weight excluding hydrogens is 370 g/mol. The summed E-state index contributed by atoms with van der Waals surface area (Å²) in [5.41, 5.74) is 2.30. The molecule has 7 nitrogen and oxygen atoms in total. The van der Waals surface area contributed by atoms with Crippen molar-refractivity contribution in [2.45, 2.75) is 20.0 Å². The van der Waals surface area contributed by atoms with E-state index in [1.54, 1.807) is 14.2 Å². The Morgan fingerprint density at radius 1 is 1.07 bits per heavy atom. The first-order valence-corrected chi connectivity index (χ1v) is 9.17. The number of rotatable bonds is 9. The molecule has 0 saturated heterocycles. The molecule has 0 atom stereocenters. The van der Waals surface area contributed by atoms with Gasteiger partial charge in [0.05, 0.1) is 14.2 Å². The first-order chi connectivity index (χ1) is 14.1. The molecule has 29 heavy (non-hydrogen) atoms. The number of nitriles is 1. The van der Waals surface area contributed by atoms with Crippen molar-refractivity contribution in [3.8, 4) is 23.3 Å². The lowest BCUT2D eigenvalue weighted by Gasteiger charge is -2.10. The van der Waals surface area contributed by atoms with Crippen LogP contribution in [0.5, 0.6) is 17.2 Å². The van der Waals surface area contributed by atoms with Gasteiger partial charge in [-0.1, -0.05) is 24.3 Å². The van der Waals surface area contributed by atoms with Crippen LogP contribution >= 0.6 is 0 Å². The predicted octanol–water partition coefficient (Wildman–Crippen LogP) is 4.11. The lowest BCUT2D eigenvalue weighted by molar-refractivity contribution is 0.263. The second kappa shape index (κ2) is 9.51. The van der Waals surface area contributed by atoms with E-state index in [9.17, 15) is 5.26 Å². The second-order valence-electron chi connectivity index (χ2n) is 6.32. The maximum absolute atomic E-state index is 9.32. The van der Waals surface area contributed by atoms with Gasteiger partial charge in [-0.2, -0.15) is 10.2 Å². The van der Waals surface area contributed by atoms with Crippen molar-refractivity contribution in [3.63, 3.8) is 0 Å². The Morgan fingerprint density at radius 3 is 2.59 bits per heavy atom. The summed E-state index contributed by atoms with van der Waals surface area (Å²) in [6.45, 7) is 2.68. The molecule has 0 spiro atoms. The van der Waals surface area contributed by atoms with Crippen molar-refractivity contribution in [1.29, 1.82) is 5.26 Å². The lowest BCUT2D eigenvalue weighted by atomic mass is 10.1. The summed E-state index contributed by atoms with van der Waals surface area (Å²) in [7, 11) is 3.21. The molecule has 1 heterocycles. The zero-order valence-corrected chi connectivity index (χ0v) is 16.7. The van der Waals surface area contributed by atoms with Crippen LogP contribution in [0.15, 0.2) is 46.9 Å². The summed E-state index contributed by atoms with van der Waals surface area (Å²) in [6.07, 6.45) is 0.709. The minimum Gasteiger partial charge on any atom is -0.493 e. The van der Waals surface area contributed by atoms with Gasteiger partial charge in [-0.25, -0.2) is 0 Å². The minimum atomic E-state index is 0.150. The SMILES string of the molecule is COc1ccc(CCNc2oc(COc3ccccc3C)nc2C#N)cc1OC. The maximum atomic E-state index is 9.32. The highest BCUT2D eigenvalue weighted by Gasteiger charge is 2.14. The number of hydrogen-bond donors (Lipinski definition) is 1. The molecule has 0 unspecified atom stereocenters. The van der Waals surface area contributed by atoms with Crippen molar-refractivity contribution in [3.05, 3.63) is 65.2 Å². The van der Waals surface area contributed by atoms with E-state index in [1.165, 1.54) is 0 Å². The summed E-state index contributed by atoms with van der Waals surface area (Å²) in [5.74, 6) is 2.81. The van der Waals surface area contributed by atoms with E-state index in [2.05, 4.69) is 10.3 Å². The summed E-state index contributed by atoms with van der Waals surface area (Å²) in [6, 6.07) is 15.5. The Morgan fingerprint density at radius 2 is 1.86 bits per heavy atom. The Kier molecular flexibility index (Phi) is 6.59. The van der Waals surface area contributed by atoms with Crippen molar-refractivity contribution in [1.82, 2.24) is 4.98 Å². The van der Waals surface area contributed by atoms with Gasteiger partial charge in [0.2, 0.25) is 17.5 Å². The third-order valence-electron chi connectivity index (χ3n) is 4.37. The highest BCUT2D eigenvalue weighted by atomic mass is 16.5. The molecule has 7 heteroatoms. The van der Waals surface area contributed by atoms with E-state index in [1.807, 2.05) is 55.5 Å². The van der Waals surface area contributed by atoms with Crippen LogP contribution in [0.4, 0.5) is 5.88 Å². The van der Waals surface area contributed by atoms with Crippen LogP contribution in [0.25, 0.3) is 0 Å². The quantitative estimate of drug-likeness (QED) is 0.585. The molecule has 0 bridgehead atoms. The zero-order chi connectivity index (χ0) is 20.6. The molecule has 0 saturated carbocycles. The van der Waals surface area contributed by atoms with Crippen LogP contribution in [-0.4, -0.2) is 25.7 Å². The second-order valence-corrected chi connectivity index (χ2v) is 6.32. The lowest BCUT2D eigenvalue weighted by Crippen LogP contribution is -2.05. The van der Waals surface area contributed by atoms with E-state index in [0.717, 1.165) is 16.9 Å². The molecule has 3 aromatic rings. The number of methoxy groups -OCH3 is 2. The molecule has 0 aliphatic rings. The average Bonchev–Trinajstić information content (AvgIpc) is 3.15. The van der Waals surface area contributed by atoms with Gasteiger partial charge in [0.15, 0.2) is 18.1 Å². The van der Waals surface area contributed by atoms with Crippen LogP contribution in [-0.2, 0) is 13.0 Å². The van der Waals surface area contributed by atoms with Gasteiger partial charge in [0.25, 0.3) is 0 Å². The van der Waals surface area contributed by atoms with E-state index in [4.69, 9.17) is 18.6 Å². The maximum Gasteiger partial charge on any atom is 0.236 e. The van der Waals surface area contributed by atoms with Crippen molar-refractivity contribution < 1.29 is 18.6 Å². The molecule has 0 aliphatic carbocycles. The number of para-hydroxylation sites is 1. The summed E-state index contributed by atoms with van der Waals surface area (Å²) in [5, 5.41) is 12.4. The number of aromatic nitrogens is 1. The summed E-state index contributed by atoms with van der Waals surface area (Å²) >= 11 is 0. The van der Waals surface area contributed by atoms with E-state index < -0.39 is 0 Å². The zero-order valence-electron chi connectivity index (χ0n) is 16.7. The largest absolute Gasteiger partial charge is 0.493 e. The highest BCUT2D eigenvalue weighted by Crippen LogP contribution is 2.28. The molecular formula is C22H23N3O4. The van der Waals surface area contributed by atoms with Crippen LogP contribution in [0.1, 0.15) is 22.7 Å². The van der Waals surface area contributed by atoms with Crippen LogP contribution < -0.4 is 19.5 Å². The third kappa shape index (κ3) is 4.99. The van der Waals surface area contributed by atoms with Crippen LogP contribution in [0, 0.1) is 18.3 Å². The van der Waals surface area contributed by atoms with Crippen molar-refractivity contribution >= 4 is 5.88 Å². The molecule has 1 N–H and O–H groups in total. The van der Waals surface area contributed by atoms with E-state index in [0.29, 0.717) is 36.2 Å². The fourth-order valence-corrected chi connectivity index (χ4v) is 2.84. The van der Waals surface area contributed by atoms with Crippen molar-refractivity contribution in [2.24, 2.45) is 0 Å². The number of anilines is 1. The molecule has 0 radical (unpaired) electrons. The molecule has 150 valence electrons. The van der Waals surface area contributed by atoms with Gasteiger partial charge in [-0.15, -0.1) is 0 Å². The standard InChI is InChI=1S/C22H23N3O4/c1-15-6-4-5-7-18(15)28-14-21-25-17(13-23)22(29-21)24-11-10-16-8-9-19(26-2)20(12-16)27-3/h4-9,12,24H,10-11,14H2,1-3H3. The Balaban J connectivity index is 1.60. The number of nitrogens with zero attached hydrogens (tertiary/aromatic N) is 2. The Hall–Kier alpha value is -3.66. The number of aryl methyl sites for hydroxylation is 1. The number of hydrogen-bond acceptors (Lipinski definition) is 7. The molecule has 2 aromatic carbocycles. The minimum absolute atomic E-state index is 0.150. The van der Waals surface area contributed by atoms with Gasteiger partial charge in [-0.3, -0.25) is 0 Å². The van der Waals surface area contributed by atoms with Crippen molar-refractivity contribution in [2.75, 3.05) is 26.1 Å². The number of benzene rings is 2. The molecule has 3 rings (SSSR count). The first kappa shape index (κ1) is 20.1. The fraction of sp³-hybridized carbons (Fsp3) is 0.273. The topological polar surface area (TPSA) is 89.5 Å². The molecule has 0 amide bonds. The molecule has 1 aromatic heterocycles. The number of oxazole rings is 1. The monoisotopic (exact) mass is 393 g/mol. The first-order valence-electron chi connectivity index (χ1n) is 9.17. The van der Waals surface area contributed by atoms with Gasteiger partial charge in [-0.05, 0) is 42.7 Å². The van der Waals surface area contributed by atoms with E-state index in [-0.39, 0.29) is 12.3 Å². The smallest absolute Gasteiger partial charge is 0.236 e. The summed E-state index contributed by atoms with van der Waals surface area (Å²) in [4.78, 5) is 4.20. The number of ether oxygens (including phenoxy) is 3. The van der Waals surface area contributed by atoms with Crippen LogP contribution in [0.3, 0.4) is 0 Å². The van der Waals surface area contributed by atoms with Gasteiger partial charge in [0.1, 0.15) is 11.8 Å². The highest BCUT2D eigenvalue weighted by molar-refractivity contribution is 5.46. The van der Waals surface area contributed by atoms with Gasteiger partial charge in [0, 0.05) is 6.54 Å². The molecule has 0 fully saturated rings.